The van der Waals surface area contributed by atoms with Crippen molar-refractivity contribution in [3.05, 3.63) is 40.4 Å². The fourth-order valence-electron chi connectivity index (χ4n) is 3.33. The topological polar surface area (TPSA) is 92.5 Å². The number of halogens is 1. The largest absolute Gasteiger partial charge is 0.388 e. The number of piperidine rings is 1. The summed E-state index contributed by atoms with van der Waals surface area (Å²) in [6.07, 6.45) is 2.33. The van der Waals surface area contributed by atoms with Crippen LogP contribution >= 0.6 is 12.4 Å². The van der Waals surface area contributed by atoms with E-state index >= 15 is 0 Å². The summed E-state index contributed by atoms with van der Waals surface area (Å²) in [5.41, 5.74) is -0.625. The molecule has 26 heavy (non-hydrogen) atoms. The van der Waals surface area contributed by atoms with Crippen molar-refractivity contribution in [2.75, 3.05) is 19.3 Å². The molecule has 1 saturated heterocycles. The molecule has 1 N–H and O–H groups in total. The normalized spacial score (nSPS) is 17.8. The molecule has 1 fully saturated rings. The second kappa shape index (κ2) is 7.64. The minimum absolute atomic E-state index is 0. The highest BCUT2D eigenvalue weighted by Crippen LogP contribution is 2.25. The average molecular weight is 402 g/mol. The monoisotopic (exact) mass is 401 g/mol. The number of aliphatic hydroxyl groups is 1. The van der Waals surface area contributed by atoms with Crippen molar-refractivity contribution < 1.29 is 13.5 Å². The molecule has 2 aromatic rings. The Bertz CT molecular complexity index is 950. The number of hydrogen-bond acceptors (Lipinski definition) is 5. The first-order chi connectivity index (χ1) is 11.7. The van der Waals surface area contributed by atoms with Crippen LogP contribution in [-0.4, -0.2) is 52.3 Å². The number of para-hydroxylation sites is 1. The van der Waals surface area contributed by atoms with Crippen molar-refractivity contribution in [1.29, 1.82) is 0 Å². The Labute approximate surface area is 159 Å². The van der Waals surface area contributed by atoms with Crippen molar-refractivity contribution in [3.8, 4) is 0 Å². The van der Waals surface area contributed by atoms with Crippen LogP contribution in [0.3, 0.4) is 0 Å². The van der Waals surface area contributed by atoms with Gasteiger partial charge in [-0.15, -0.1) is 12.4 Å². The zero-order valence-corrected chi connectivity index (χ0v) is 16.5. The third-order valence-electron chi connectivity index (χ3n) is 4.83. The van der Waals surface area contributed by atoms with E-state index in [1.807, 2.05) is 13.0 Å². The minimum Gasteiger partial charge on any atom is -0.388 e. The highest BCUT2D eigenvalue weighted by Gasteiger charge is 2.36. The van der Waals surface area contributed by atoms with Crippen molar-refractivity contribution in [1.82, 2.24) is 13.9 Å². The van der Waals surface area contributed by atoms with E-state index in [0.717, 1.165) is 0 Å². The molecule has 0 saturated carbocycles. The quantitative estimate of drug-likeness (QED) is 0.830. The summed E-state index contributed by atoms with van der Waals surface area (Å²) in [6, 6.07) is 7.17. The summed E-state index contributed by atoms with van der Waals surface area (Å²) in [5, 5.41) is 11.4. The van der Waals surface area contributed by atoms with Crippen LogP contribution in [0.1, 0.15) is 25.6 Å². The predicted octanol–water partition coefficient (Wildman–Crippen LogP) is 1.17. The lowest BCUT2D eigenvalue weighted by Crippen LogP contribution is -2.49. The van der Waals surface area contributed by atoms with Crippen molar-refractivity contribution >= 4 is 33.3 Å². The van der Waals surface area contributed by atoms with Crippen molar-refractivity contribution in [2.24, 2.45) is 0 Å². The maximum atomic E-state index is 12.9. The summed E-state index contributed by atoms with van der Waals surface area (Å²) < 4.78 is 26.2. The molecule has 0 aliphatic carbocycles. The van der Waals surface area contributed by atoms with Crippen molar-refractivity contribution in [2.45, 2.75) is 38.3 Å². The summed E-state index contributed by atoms with van der Waals surface area (Å²) >= 11 is 0. The minimum atomic E-state index is -3.26. The van der Waals surface area contributed by atoms with Gasteiger partial charge in [-0.2, -0.15) is 0 Å². The molecule has 0 radical (unpaired) electrons. The molecule has 0 unspecified atom stereocenters. The molecule has 0 atom stereocenters. The lowest BCUT2D eigenvalue weighted by atomic mass is 9.92. The number of aryl methyl sites for hydroxylation is 1. The molecule has 144 valence electrons. The number of hydrogen-bond donors (Lipinski definition) is 1. The van der Waals surface area contributed by atoms with E-state index in [2.05, 4.69) is 4.98 Å². The van der Waals surface area contributed by atoms with E-state index in [-0.39, 0.29) is 37.6 Å². The highest BCUT2D eigenvalue weighted by molar-refractivity contribution is 7.88. The van der Waals surface area contributed by atoms with Crippen LogP contribution in [0.5, 0.6) is 0 Å². The van der Waals surface area contributed by atoms with E-state index in [1.54, 1.807) is 22.8 Å². The standard InChI is InChI=1S/C17H23N3O4S.ClH/c1-3-15-18-14-7-5-4-6-13(14)16(21)20(15)12-17(22)8-10-19(11-9-17)25(2,23)24;/h4-7,22H,3,8-12H2,1-2H3;1H. The molecule has 1 aromatic carbocycles. The SMILES string of the molecule is CCc1nc2ccccc2c(=O)n1CC1(O)CCN(S(C)(=O)=O)CC1.Cl. The smallest absolute Gasteiger partial charge is 0.261 e. The summed E-state index contributed by atoms with van der Waals surface area (Å²) in [6.45, 7) is 2.56. The first-order valence-corrected chi connectivity index (χ1v) is 10.2. The molecule has 7 nitrogen and oxygen atoms in total. The zero-order valence-electron chi connectivity index (χ0n) is 14.9. The molecule has 0 amide bonds. The van der Waals surface area contributed by atoms with Crippen LogP contribution in [0.4, 0.5) is 0 Å². The first kappa shape index (κ1) is 20.8. The van der Waals surface area contributed by atoms with Gasteiger partial charge in [0.1, 0.15) is 5.82 Å². The van der Waals surface area contributed by atoms with Gasteiger partial charge in [0.05, 0.1) is 29.3 Å². The molecule has 1 aliphatic heterocycles. The van der Waals surface area contributed by atoms with Crippen LogP contribution in [0, 0.1) is 0 Å². The van der Waals surface area contributed by atoms with Crippen LogP contribution in [-0.2, 0) is 23.0 Å². The van der Waals surface area contributed by atoms with Gasteiger partial charge in [-0.05, 0) is 25.0 Å². The molecular formula is C17H24ClN3O4S. The second-order valence-corrected chi connectivity index (χ2v) is 8.66. The van der Waals surface area contributed by atoms with Gasteiger partial charge in [-0.1, -0.05) is 19.1 Å². The fraction of sp³-hybridized carbons (Fsp3) is 0.529. The van der Waals surface area contributed by atoms with E-state index in [1.165, 1.54) is 10.6 Å². The van der Waals surface area contributed by atoms with E-state index in [0.29, 0.717) is 36.0 Å². The third kappa shape index (κ3) is 4.09. The maximum absolute atomic E-state index is 12.9. The highest BCUT2D eigenvalue weighted by atomic mass is 35.5. The Morgan fingerprint density at radius 3 is 2.42 bits per heavy atom. The Morgan fingerprint density at radius 2 is 1.85 bits per heavy atom. The zero-order chi connectivity index (χ0) is 18.2. The second-order valence-electron chi connectivity index (χ2n) is 6.68. The van der Waals surface area contributed by atoms with Gasteiger partial charge in [-0.3, -0.25) is 9.36 Å². The number of aromatic nitrogens is 2. The lowest BCUT2D eigenvalue weighted by molar-refractivity contribution is -0.0207. The summed E-state index contributed by atoms with van der Waals surface area (Å²) in [5.74, 6) is 0.627. The summed E-state index contributed by atoms with van der Waals surface area (Å²) in [7, 11) is -3.26. The van der Waals surface area contributed by atoms with Crippen LogP contribution in [0.2, 0.25) is 0 Å². The molecular weight excluding hydrogens is 378 g/mol. The molecule has 0 spiro atoms. The number of nitrogens with zero attached hydrogens (tertiary/aromatic N) is 3. The van der Waals surface area contributed by atoms with Crippen LogP contribution in [0.15, 0.2) is 29.1 Å². The first-order valence-electron chi connectivity index (χ1n) is 8.39. The van der Waals surface area contributed by atoms with Crippen molar-refractivity contribution in [3.63, 3.8) is 0 Å². The van der Waals surface area contributed by atoms with E-state index < -0.39 is 15.6 Å². The van der Waals surface area contributed by atoms with Gasteiger partial charge in [0, 0.05) is 19.5 Å². The van der Waals surface area contributed by atoms with Gasteiger partial charge < -0.3 is 5.11 Å². The van der Waals surface area contributed by atoms with Crippen LogP contribution in [0.25, 0.3) is 10.9 Å². The molecule has 9 heteroatoms. The number of sulfonamides is 1. The van der Waals surface area contributed by atoms with Crippen LogP contribution < -0.4 is 5.56 Å². The average Bonchev–Trinajstić information content (AvgIpc) is 2.57. The molecule has 2 heterocycles. The van der Waals surface area contributed by atoms with E-state index in [4.69, 9.17) is 0 Å². The molecule has 3 rings (SSSR count). The Balaban J connectivity index is 0.00000243. The Morgan fingerprint density at radius 1 is 1.23 bits per heavy atom. The predicted molar refractivity (Wildman–Crippen MR) is 103 cm³/mol. The number of benzene rings is 1. The fourth-order valence-corrected chi connectivity index (χ4v) is 4.18. The molecule has 1 aliphatic rings. The lowest BCUT2D eigenvalue weighted by Gasteiger charge is -2.37. The number of fused-ring (bicyclic) bond motifs is 1. The number of rotatable bonds is 4. The Hall–Kier alpha value is -1.48. The Kier molecular flexibility index (Phi) is 6.12. The van der Waals surface area contributed by atoms with Gasteiger partial charge in [-0.25, -0.2) is 17.7 Å². The molecule has 0 bridgehead atoms. The summed E-state index contributed by atoms with van der Waals surface area (Å²) in [4.78, 5) is 17.4. The van der Waals surface area contributed by atoms with Gasteiger partial charge in [0.15, 0.2) is 0 Å². The maximum Gasteiger partial charge on any atom is 0.261 e. The van der Waals surface area contributed by atoms with Gasteiger partial charge >= 0.3 is 0 Å². The van der Waals surface area contributed by atoms with Gasteiger partial charge in [0.2, 0.25) is 10.0 Å². The van der Waals surface area contributed by atoms with Gasteiger partial charge in [0.25, 0.3) is 5.56 Å². The third-order valence-corrected chi connectivity index (χ3v) is 6.13. The van der Waals surface area contributed by atoms with E-state index in [9.17, 15) is 18.3 Å². The molecule has 1 aromatic heterocycles.